The van der Waals surface area contributed by atoms with E-state index in [0.717, 1.165) is 11.3 Å². The zero-order chi connectivity index (χ0) is 15.6. The van der Waals surface area contributed by atoms with Crippen LogP contribution in [0.1, 0.15) is 15.2 Å². The molecule has 0 saturated carbocycles. The van der Waals surface area contributed by atoms with Crippen LogP contribution >= 0.6 is 27.3 Å². The van der Waals surface area contributed by atoms with Gasteiger partial charge >= 0.3 is 5.97 Å². The SMILES string of the molecule is N#Cc1ccc(S(=O)(=O)Nc2ccc(Br)c(C(=O)O)c2)s1. The number of aromatic carboxylic acids is 1. The van der Waals surface area contributed by atoms with E-state index in [1.165, 1.54) is 30.3 Å². The van der Waals surface area contributed by atoms with E-state index < -0.39 is 16.0 Å². The lowest BCUT2D eigenvalue weighted by atomic mass is 10.2. The number of halogens is 1. The second-order valence-electron chi connectivity index (χ2n) is 3.84. The Morgan fingerprint density at radius 3 is 2.62 bits per heavy atom. The number of hydrogen-bond donors (Lipinski definition) is 2. The van der Waals surface area contributed by atoms with Gasteiger partial charge in [-0.1, -0.05) is 0 Å². The third-order valence-corrected chi connectivity index (χ3v) is 5.96. The third kappa shape index (κ3) is 3.41. The number of nitrogens with one attached hydrogen (secondary N) is 1. The van der Waals surface area contributed by atoms with Gasteiger partial charge in [0.2, 0.25) is 0 Å². The van der Waals surface area contributed by atoms with E-state index in [1.54, 1.807) is 0 Å². The number of rotatable bonds is 4. The van der Waals surface area contributed by atoms with E-state index >= 15 is 0 Å². The molecule has 0 fully saturated rings. The summed E-state index contributed by atoms with van der Waals surface area (Å²) in [4.78, 5) is 11.3. The van der Waals surface area contributed by atoms with Crippen molar-refractivity contribution in [2.24, 2.45) is 0 Å². The van der Waals surface area contributed by atoms with E-state index in [2.05, 4.69) is 20.7 Å². The summed E-state index contributed by atoms with van der Waals surface area (Å²) in [6.45, 7) is 0. The molecule has 0 aliphatic heterocycles. The van der Waals surface area contributed by atoms with E-state index in [-0.39, 0.29) is 20.3 Å². The number of carboxylic acids is 1. The smallest absolute Gasteiger partial charge is 0.336 e. The monoisotopic (exact) mass is 386 g/mol. The first-order valence-electron chi connectivity index (χ1n) is 5.39. The number of nitrogens with zero attached hydrogens (tertiary/aromatic N) is 1. The van der Waals surface area contributed by atoms with Gasteiger partial charge in [0.15, 0.2) is 0 Å². The molecule has 9 heteroatoms. The van der Waals surface area contributed by atoms with Crippen LogP contribution in [0.25, 0.3) is 0 Å². The van der Waals surface area contributed by atoms with E-state index in [4.69, 9.17) is 10.4 Å². The van der Waals surface area contributed by atoms with Crippen LogP contribution in [0.3, 0.4) is 0 Å². The highest BCUT2D eigenvalue weighted by Crippen LogP contribution is 2.26. The lowest BCUT2D eigenvalue weighted by Crippen LogP contribution is -2.12. The van der Waals surface area contributed by atoms with Crippen molar-refractivity contribution in [1.82, 2.24) is 0 Å². The summed E-state index contributed by atoms with van der Waals surface area (Å²) in [5.41, 5.74) is 0.0709. The number of benzene rings is 1. The number of nitriles is 1. The van der Waals surface area contributed by atoms with Crippen molar-refractivity contribution in [1.29, 1.82) is 5.26 Å². The van der Waals surface area contributed by atoms with Crippen molar-refractivity contribution in [3.05, 3.63) is 45.2 Å². The first kappa shape index (κ1) is 15.5. The highest BCUT2D eigenvalue weighted by molar-refractivity contribution is 9.10. The fraction of sp³-hybridized carbons (Fsp3) is 0. The van der Waals surface area contributed by atoms with Gasteiger partial charge in [0.05, 0.1) is 5.56 Å². The maximum atomic E-state index is 12.1. The van der Waals surface area contributed by atoms with Crippen molar-refractivity contribution in [3.63, 3.8) is 0 Å². The molecule has 2 N–H and O–H groups in total. The molecule has 108 valence electrons. The Kier molecular flexibility index (Phi) is 4.32. The minimum Gasteiger partial charge on any atom is -0.478 e. The molecule has 1 aromatic carbocycles. The molecule has 2 aromatic rings. The second-order valence-corrected chi connectivity index (χ2v) is 7.68. The lowest BCUT2D eigenvalue weighted by Gasteiger charge is -2.08. The molecule has 1 heterocycles. The van der Waals surface area contributed by atoms with Crippen LogP contribution in [0.2, 0.25) is 0 Å². The Labute approximate surface area is 132 Å². The van der Waals surface area contributed by atoms with Crippen LogP contribution in [0.15, 0.2) is 39.0 Å². The molecule has 0 atom stereocenters. The molecule has 0 radical (unpaired) electrons. The maximum absolute atomic E-state index is 12.1. The number of thiophene rings is 1. The Morgan fingerprint density at radius 1 is 1.33 bits per heavy atom. The Balaban J connectivity index is 2.35. The molecule has 0 bridgehead atoms. The molecule has 0 amide bonds. The molecule has 0 aliphatic carbocycles. The van der Waals surface area contributed by atoms with Gasteiger partial charge in [0, 0.05) is 10.2 Å². The average molecular weight is 387 g/mol. The summed E-state index contributed by atoms with van der Waals surface area (Å²) in [5.74, 6) is -1.18. The number of anilines is 1. The average Bonchev–Trinajstić information content (AvgIpc) is 2.90. The number of carbonyl (C=O) groups is 1. The van der Waals surface area contributed by atoms with Crippen molar-refractivity contribution >= 4 is 48.9 Å². The van der Waals surface area contributed by atoms with Crippen LogP contribution in [-0.2, 0) is 10.0 Å². The molecule has 1 aromatic heterocycles. The summed E-state index contributed by atoms with van der Waals surface area (Å²) >= 11 is 3.91. The van der Waals surface area contributed by atoms with Gasteiger partial charge in [-0.25, -0.2) is 13.2 Å². The highest BCUT2D eigenvalue weighted by atomic mass is 79.9. The predicted molar refractivity (Wildman–Crippen MR) is 80.9 cm³/mol. The van der Waals surface area contributed by atoms with Gasteiger partial charge in [-0.2, -0.15) is 5.26 Å². The van der Waals surface area contributed by atoms with Crippen LogP contribution in [-0.4, -0.2) is 19.5 Å². The van der Waals surface area contributed by atoms with Gasteiger partial charge < -0.3 is 5.11 Å². The van der Waals surface area contributed by atoms with Gasteiger partial charge in [-0.15, -0.1) is 11.3 Å². The molecule has 0 saturated heterocycles. The van der Waals surface area contributed by atoms with E-state index in [0.29, 0.717) is 4.47 Å². The lowest BCUT2D eigenvalue weighted by molar-refractivity contribution is 0.0696. The minimum atomic E-state index is -3.85. The largest absolute Gasteiger partial charge is 0.478 e. The summed E-state index contributed by atoms with van der Waals surface area (Å²) in [5, 5.41) is 17.7. The minimum absolute atomic E-state index is 0.0150. The van der Waals surface area contributed by atoms with Gasteiger partial charge in [-0.3, -0.25) is 4.72 Å². The molecule has 0 unspecified atom stereocenters. The standard InChI is InChI=1S/C12H7BrN2O4S2/c13-10-3-1-7(5-9(10)12(16)17)15-21(18,19)11-4-2-8(6-14)20-11/h1-5,15H,(H,16,17). The van der Waals surface area contributed by atoms with Crippen molar-refractivity contribution in [2.75, 3.05) is 4.72 Å². The van der Waals surface area contributed by atoms with E-state index in [9.17, 15) is 13.2 Å². The van der Waals surface area contributed by atoms with Crippen LogP contribution < -0.4 is 4.72 Å². The number of hydrogen-bond acceptors (Lipinski definition) is 5. The molecular weight excluding hydrogens is 380 g/mol. The van der Waals surface area contributed by atoms with E-state index in [1.807, 2.05) is 6.07 Å². The Bertz CT molecular complexity index is 852. The highest BCUT2D eigenvalue weighted by Gasteiger charge is 2.18. The molecule has 21 heavy (non-hydrogen) atoms. The van der Waals surface area contributed by atoms with Crippen molar-refractivity contribution < 1.29 is 18.3 Å². The summed E-state index contributed by atoms with van der Waals surface area (Å²) in [6.07, 6.45) is 0. The first-order valence-corrected chi connectivity index (χ1v) is 8.48. The molecule has 0 aliphatic rings. The molecule has 6 nitrogen and oxygen atoms in total. The molecule has 0 spiro atoms. The Morgan fingerprint density at radius 2 is 2.05 bits per heavy atom. The number of sulfonamides is 1. The Hall–Kier alpha value is -1.89. The topological polar surface area (TPSA) is 107 Å². The number of carboxylic acid groups (broad SMARTS) is 1. The summed E-state index contributed by atoms with van der Waals surface area (Å²) in [6, 6.07) is 8.67. The zero-order valence-electron chi connectivity index (χ0n) is 10.2. The van der Waals surface area contributed by atoms with Crippen molar-refractivity contribution in [2.45, 2.75) is 4.21 Å². The quantitative estimate of drug-likeness (QED) is 0.839. The summed E-state index contributed by atoms with van der Waals surface area (Å²) < 4.78 is 26.9. The van der Waals surface area contributed by atoms with Crippen molar-refractivity contribution in [3.8, 4) is 6.07 Å². The molecule has 2 rings (SSSR count). The van der Waals surface area contributed by atoms with Gasteiger partial charge in [-0.05, 0) is 46.3 Å². The molecular formula is C12H7BrN2O4S2. The second kappa shape index (κ2) is 5.85. The fourth-order valence-electron chi connectivity index (χ4n) is 1.48. The normalized spacial score (nSPS) is 10.9. The zero-order valence-corrected chi connectivity index (χ0v) is 13.4. The van der Waals surface area contributed by atoms with Gasteiger partial charge in [0.25, 0.3) is 10.0 Å². The maximum Gasteiger partial charge on any atom is 0.336 e. The first-order chi connectivity index (χ1) is 9.83. The van der Waals surface area contributed by atoms with Crippen LogP contribution in [0.5, 0.6) is 0 Å². The predicted octanol–water partition coefficient (Wildman–Crippen LogP) is 2.88. The third-order valence-electron chi connectivity index (χ3n) is 2.41. The fourth-order valence-corrected chi connectivity index (χ4v) is 4.05. The van der Waals surface area contributed by atoms with Gasteiger partial charge in [0.1, 0.15) is 15.2 Å². The van der Waals surface area contributed by atoms with Crippen LogP contribution in [0, 0.1) is 11.3 Å². The summed E-state index contributed by atoms with van der Waals surface area (Å²) in [7, 11) is -3.85. The van der Waals surface area contributed by atoms with Crippen LogP contribution in [0.4, 0.5) is 5.69 Å².